The Bertz CT molecular complexity index is 4250. The van der Waals surface area contributed by atoms with Crippen molar-refractivity contribution in [1.29, 1.82) is 0 Å². The number of anilines is 3. The SMILES string of the molecule is Cc1c(-n2c3ccccc3c3ccccc32)ccc2c1N(c1c(-c3ccccc3)cccc1-c1ccccc1)c1cc(C(C)(C)C)cc3c1B2c1ccc(-n2c4ccccc4c4ccccc42)c(C)c1S3(=O)=O. The van der Waals surface area contributed by atoms with Crippen molar-refractivity contribution in [2.75, 3.05) is 4.90 Å². The number of fused-ring (bicyclic) bond motifs is 10. The molecular formula is C66H50BN3O2S. The van der Waals surface area contributed by atoms with Crippen molar-refractivity contribution in [3.8, 4) is 33.6 Å². The van der Waals surface area contributed by atoms with Crippen LogP contribution < -0.4 is 21.3 Å². The summed E-state index contributed by atoms with van der Waals surface area (Å²) in [6.45, 7) is 10.4. The number of benzene rings is 10. The maximum absolute atomic E-state index is 16.3. The Morgan fingerprint density at radius 3 is 1.34 bits per heavy atom. The number of hydrogen-bond acceptors (Lipinski definition) is 3. The lowest BCUT2D eigenvalue weighted by Crippen LogP contribution is -2.62. The molecular weight excluding hydrogens is 910 g/mol. The summed E-state index contributed by atoms with van der Waals surface area (Å²) in [4.78, 5) is 3.21. The molecule has 0 spiro atoms. The highest BCUT2D eigenvalue weighted by Crippen LogP contribution is 2.51. The summed E-state index contributed by atoms with van der Waals surface area (Å²) in [5.74, 6) is 0. The van der Waals surface area contributed by atoms with E-state index in [0.717, 1.165) is 117 Å². The van der Waals surface area contributed by atoms with Crippen molar-refractivity contribution in [2.45, 2.75) is 49.8 Å². The summed E-state index contributed by atoms with van der Waals surface area (Å²) < 4.78 is 37.3. The van der Waals surface area contributed by atoms with E-state index in [1.54, 1.807) is 0 Å². The van der Waals surface area contributed by atoms with Crippen molar-refractivity contribution < 1.29 is 8.42 Å². The minimum atomic E-state index is -4.15. The third kappa shape index (κ3) is 6.18. The smallest absolute Gasteiger partial charge is 0.250 e. The molecule has 0 saturated heterocycles. The lowest BCUT2D eigenvalue weighted by atomic mass is 9.34. The van der Waals surface area contributed by atoms with E-state index in [4.69, 9.17) is 0 Å². The Labute approximate surface area is 426 Å². The van der Waals surface area contributed by atoms with Crippen molar-refractivity contribution >= 4 is 93.6 Å². The third-order valence-corrected chi connectivity index (χ3v) is 17.8. The molecule has 5 nitrogen and oxygen atoms in total. The van der Waals surface area contributed by atoms with Gasteiger partial charge in [-0.05, 0) is 112 Å². The summed E-state index contributed by atoms with van der Waals surface area (Å²) in [6.07, 6.45) is 0. The first-order valence-corrected chi connectivity index (χ1v) is 26.7. The van der Waals surface area contributed by atoms with Gasteiger partial charge in [-0.15, -0.1) is 0 Å². The zero-order chi connectivity index (χ0) is 49.5. The van der Waals surface area contributed by atoms with E-state index in [0.29, 0.717) is 9.79 Å². The van der Waals surface area contributed by atoms with E-state index in [1.807, 2.05) is 13.0 Å². The van der Waals surface area contributed by atoms with Gasteiger partial charge in [0.2, 0.25) is 16.6 Å². The van der Waals surface area contributed by atoms with E-state index in [1.165, 1.54) is 10.8 Å². The molecule has 10 aromatic carbocycles. The maximum Gasteiger partial charge on any atom is 0.250 e. The molecule has 0 N–H and O–H groups in total. The second-order valence-electron chi connectivity index (χ2n) is 20.9. The molecule has 73 heavy (non-hydrogen) atoms. The summed E-state index contributed by atoms with van der Waals surface area (Å²) in [5.41, 5.74) is 18.4. The van der Waals surface area contributed by atoms with Gasteiger partial charge in [0, 0.05) is 44.0 Å². The van der Waals surface area contributed by atoms with Crippen LogP contribution in [0.2, 0.25) is 0 Å². The molecule has 4 heterocycles. The van der Waals surface area contributed by atoms with E-state index >= 15 is 8.42 Å². The molecule has 12 aromatic rings. The minimum Gasteiger partial charge on any atom is -0.310 e. The van der Waals surface area contributed by atoms with Crippen molar-refractivity contribution in [1.82, 2.24) is 9.13 Å². The van der Waals surface area contributed by atoms with Gasteiger partial charge in [0.1, 0.15) is 0 Å². The van der Waals surface area contributed by atoms with Crippen LogP contribution in [0, 0.1) is 13.8 Å². The molecule has 0 saturated carbocycles. The fraction of sp³-hybridized carbons (Fsp3) is 0.0909. The summed E-state index contributed by atoms with van der Waals surface area (Å²) in [7, 11) is -4.15. The number of aromatic nitrogens is 2. The summed E-state index contributed by atoms with van der Waals surface area (Å²) in [6, 6.07) is 75.3. The predicted octanol–water partition coefficient (Wildman–Crippen LogP) is 14.6. The molecule has 350 valence electrons. The van der Waals surface area contributed by atoms with Gasteiger partial charge < -0.3 is 14.0 Å². The Kier molecular flexibility index (Phi) is 9.40. The number of para-hydroxylation sites is 5. The fourth-order valence-electron chi connectivity index (χ4n) is 12.5. The Hall–Kier alpha value is -8.39. The van der Waals surface area contributed by atoms with Crippen LogP contribution in [-0.2, 0) is 15.3 Å². The Morgan fingerprint density at radius 1 is 0.425 bits per heavy atom. The first kappa shape index (κ1) is 43.4. The van der Waals surface area contributed by atoms with E-state index in [-0.39, 0.29) is 0 Å². The second-order valence-corrected chi connectivity index (χ2v) is 22.7. The van der Waals surface area contributed by atoms with E-state index < -0.39 is 22.0 Å². The topological polar surface area (TPSA) is 47.2 Å². The maximum atomic E-state index is 16.3. The van der Waals surface area contributed by atoms with Gasteiger partial charge >= 0.3 is 0 Å². The van der Waals surface area contributed by atoms with Gasteiger partial charge in [-0.25, -0.2) is 8.42 Å². The Balaban J connectivity index is 1.14. The van der Waals surface area contributed by atoms with Gasteiger partial charge in [-0.1, -0.05) is 185 Å². The molecule has 0 bridgehead atoms. The fourth-order valence-corrected chi connectivity index (χ4v) is 14.6. The molecule has 2 aliphatic rings. The predicted molar refractivity (Wildman–Crippen MR) is 305 cm³/mol. The molecule has 0 amide bonds. The molecule has 7 heteroatoms. The second kappa shape index (κ2) is 15.8. The zero-order valence-corrected chi connectivity index (χ0v) is 42.2. The minimum absolute atomic E-state index is 0.369. The molecule has 0 atom stereocenters. The highest BCUT2D eigenvalue weighted by molar-refractivity contribution is 7.92. The first-order chi connectivity index (χ1) is 35.5. The molecule has 0 aliphatic carbocycles. The van der Waals surface area contributed by atoms with Gasteiger partial charge in [0.15, 0.2) is 0 Å². The van der Waals surface area contributed by atoms with Crippen LogP contribution in [0.3, 0.4) is 0 Å². The monoisotopic (exact) mass is 959 g/mol. The van der Waals surface area contributed by atoms with Crippen LogP contribution in [0.5, 0.6) is 0 Å². The molecule has 0 radical (unpaired) electrons. The highest BCUT2D eigenvalue weighted by atomic mass is 32.2. The standard InChI is InChI=1S/C66H50BN3O2S/c1-41-54(68-56-31-16-12-25-48(56)49-26-13-17-32-57(49)68)37-35-52-63(41)70(64-46(43-21-8-6-9-22-43)29-20-30-47(64)44-23-10-7-11-24-44)60-39-45(66(3,4)5)40-61-62(60)67(52)53-36-38-55(42(2)65(53)73(61,71)72)69-58-33-18-14-27-50(58)51-28-15-19-34-59(51)69/h6-40H,1-5H3. The number of rotatable bonds is 5. The molecule has 14 rings (SSSR count). The lowest BCUT2D eigenvalue weighted by molar-refractivity contribution is 0.584. The molecule has 0 unspecified atom stereocenters. The first-order valence-electron chi connectivity index (χ1n) is 25.2. The van der Waals surface area contributed by atoms with Crippen molar-refractivity contribution in [3.05, 3.63) is 229 Å². The number of sulfone groups is 1. The highest BCUT2D eigenvalue weighted by Gasteiger charge is 2.48. The van der Waals surface area contributed by atoms with E-state index in [9.17, 15) is 0 Å². The quantitative estimate of drug-likeness (QED) is 0.162. The van der Waals surface area contributed by atoms with E-state index in [2.05, 4.69) is 248 Å². The van der Waals surface area contributed by atoms with Gasteiger partial charge in [0.05, 0.1) is 48.9 Å². The average Bonchev–Trinajstić information content (AvgIpc) is 3.93. The Morgan fingerprint density at radius 2 is 0.863 bits per heavy atom. The lowest BCUT2D eigenvalue weighted by Gasteiger charge is -2.44. The largest absolute Gasteiger partial charge is 0.310 e. The van der Waals surface area contributed by atoms with Crippen LogP contribution in [0.15, 0.2) is 222 Å². The van der Waals surface area contributed by atoms with Crippen molar-refractivity contribution in [2.24, 2.45) is 0 Å². The van der Waals surface area contributed by atoms with Crippen LogP contribution in [0.25, 0.3) is 77.2 Å². The third-order valence-electron chi connectivity index (χ3n) is 15.8. The van der Waals surface area contributed by atoms with Crippen LogP contribution >= 0.6 is 0 Å². The number of hydrogen-bond donors (Lipinski definition) is 0. The van der Waals surface area contributed by atoms with Crippen LogP contribution in [0.1, 0.15) is 37.5 Å². The molecule has 2 aliphatic heterocycles. The van der Waals surface area contributed by atoms with Crippen LogP contribution in [-0.4, -0.2) is 24.3 Å². The molecule has 0 fully saturated rings. The van der Waals surface area contributed by atoms with Crippen LogP contribution in [0.4, 0.5) is 17.1 Å². The number of nitrogens with zero attached hydrogens (tertiary/aromatic N) is 3. The average molecular weight is 960 g/mol. The zero-order valence-electron chi connectivity index (χ0n) is 41.4. The summed E-state index contributed by atoms with van der Waals surface area (Å²) >= 11 is 0. The van der Waals surface area contributed by atoms with Gasteiger partial charge in [-0.3, -0.25) is 0 Å². The normalized spacial score (nSPS) is 13.7. The summed E-state index contributed by atoms with van der Waals surface area (Å²) in [5, 5.41) is 4.64. The van der Waals surface area contributed by atoms with Gasteiger partial charge in [0.25, 0.3) is 0 Å². The van der Waals surface area contributed by atoms with Gasteiger partial charge in [-0.2, -0.15) is 0 Å². The van der Waals surface area contributed by atoms with Crippen molar-refractivity contribution in [3.63, 3.8) is 0 Å². The molecule has 2 aromatic heterocycles.